The summed E-state index contributed by atoms with van der Waals surface area (Å²) in [6.07, 6.45) is 0.782. The summed E-state index contributed by atoms with van der Waals surface area (Å²) in [5.74, 6) is 0.751. The highest BCUT2D eigenvalue weighted by atomic mass is 16.5. The van der Waals surface area contributed by atoms with E-state index in [9.17, 15) is 5.11 Å². The van der Waals surface area contributed by atoms with Crippen LogP contribution in [0.4, 0.5) is 11.4 Å². The fourth-order valence-corrected chi connectivity index (χ4v) is 2.07. The highest BCUT2D eigenvalue weighted by Crippen LogP contribution is 2.30. The third-order valence-corrected chi connectivity index (χ3v) is 2.97. The Balaban J connectivity index is 2.24. The van der Waals surface area contributed by atoms with E-state index in [4.69, 9.17) is 10.5 Å². The number of benzene rings is 1. The molecule has 0 aliphatic carbocycles. The first-order valence-electron chi connectivity index (χ1n) is 5.42. The Morgan fingerprint density at radius 2 is 2.19 bits per heavy atom. The van der Waals surface area contributed by atoms with E-state index >= 15 is 0 Å². The summed E-state index contributed by atoms with van der Waals surface area (Å²) in [5, 5.41) is 9.92. The van der Waals surface area contributed by atoms with Crippen molar-refractivity contribution in [2.45, 2.75) is 18.9 Å². The first kappa shape index (κ1) is 11.1. The minimum Gasteiger partial charge on any atom is -0.497 e. The van der Waals surface area contributed by atoms with Gasteiger partial charge >= 0.3 is 0 Å². The normalized spacial score (nSPS) is 24.8. The van der Waals surface area contributed by atoms with Gasteiger partial charge in [0, 0.05) is 36.6 Å². The molecule has 1 fully saturated rings. The van der Waals surface area contributed by atoms with E-state index in [2.05, 4.69) is 4.90 Å². The molecule has 1 saturated heterocycles. The van der Waals surface area contributed by atoms with Crippen molar-refractivity contribution in [2.24, 2.45) is 0 Å². The number of β-amino-alcohol motifs (C(OH)–C–C–N with tert-alkyl or cyclic N) is 1. The Kier molecular flexibility index (Phi) is 2.68. The number of nitrogens with zero attached hydrogens (tertiary/aromatic N) is 1. The Labute approximate surface area is 95.6 Å². The second kappa shape index (κ2) is 3.87. The van der Waals surface area contributed by atoms with Crippen molar-refractivity contribution >= 4 is 11.4 Å². The average Bonchev–Trinajstić information content (AvgIpc) is 2.58. The molecule has 1 aromatic carbocycles. The van der Waals surface area contributed by atoms with E-state index in [0.29, 0.717) is 12.2 Å². The van der Waals surface area contributed by atoms with Crippen LogP contribution in [0.15, 0.2) is 18.2 Å². The maximum absolute atomic E-state index is 9.92. The van der Waals surface area contributed by atoms with Crippen molar-refractivity contribution < 1.29 is 9.84 Å². The van der Waals surface area contributed by atoms with Crippen molar-refractivity contribution in [3.63, 3.8) is 0 Å². The predicted molar refractivity (Wildman–Crippen MR) is 64.9 cm³/mol. The van der Waals surface area contributed by atoms with Crippen molar-refractivity contribution in [3.8, 4) is 5.75 Å². The third-order valence-electron chi connectivity index (χ3n) is 2.97. The van der Waals surface area contributed by atoms with Crippen LogP contribution in [0.1, 0.15) is 13.3 Å². The van der Waals surface area contributed by atoms with Gasteiger partial charge in [0.2, 0.25) is 0 Å². The van der Waals surface area contributed by atoms with E-state index in [1.54, 1.807) is 13.2 Å². The molecule has 2 rings (SSSR count). The standard InChI is InChI=1S/C12H18N2O2/c1-12(15)3-4-14(8-12)10-5-9(13)6-11(7-10)16-2/h5-7,15H,3-4,8,13H2,1-2H3. The molecule has 1 atom stereocenters. The number of hydrogen-bond acceptors (Lipinski definition) is 4. The Bertz CT molecular complexity index is 391. The molecule has 1 heterocycles. The molecule has 0 saturated carbocycles. The molecular formula is C12H18N2O2. The second-order valence-electron chi connectivity index (χ2n) is 4.63. The topological polar surface area (TPSA) is 58.7 Å². The van der Waals surface area contributed by atoms with E-state index in [1.165, 1.54) is 0 Å². The van der Waals surface area contributed by atoms with E-state index in [1.807, 2.05) is 19.1 Å². The molecule has 0 radical (unpaired) electrons. The molecule has 1 aromatic rings. The second-order valence-corrected chi connectivity index (χ2v) is 4.63. The number of nitrogen functional groups attached to an aromatic ring is 1. The average molecular weight is 222 g/mol. The molecule has 0 aromatic heterocycles. The number of aliphatic hydroxyl groups is 1. The predicted octanol–water partition coefficient (Wildman–Crippen LogP) is 1.24. The van der Waals surface area contributed by atoms with Crippen LogP contribution in [-0.2, 0) is 0 Å². The molecule has 1 unspecified atom stereocenters. The van der Waals surface area contributed by atoms with Gasteiger partial charge < -0.3 is 20.5 Å². The van der Waals surface area contributed by atoms with E-state index in [0.717, 1.165) is 24.4 Å². The van der Waals surface area contributed by atoms with Gasteiger partial charge in [-0.25, -0.2) is 0 Å². The zero-order valence-electron chi connectivity index (χ0n) is 9.73. The van der Waals surface area contributed by atoms with Crippen molar-refractivity contribution in [2.75, 3.05) is 30.8 Å². The maximum Gasteiger partial charge on any atom is 0.122 e. The monoisotopic (exact) mass is 222 g/mol. The zero-order valence-corrected chi connectivity index (χ0v) is 9.73. The van der Waals surface area contributed by atoms with Crippen molar-refractivity contribution in [3.05, 3.63) is 18.2 Å². The summed E-state index contributed by atoms with van der Waals surface area (Å²) in [6, 6.07) is 5.64. The summed E-state index contributed by atoms with van der Waals surface area (Å²) in [5.41, 5.74) is 6.89. The highest BCUT2D eigenvalue weighted by molar-refractivity contribution is 5.61. The fourth-order valence-electron chi connectivity index (χ4n) is 2.07. The molecule has 16 heavy (non-hydrogen) atoms. The first-order valence-corrected chi connectivity index (χ1v) is 5.42. The number of ether oxygens (including phenoxy) is 1. The lowest BCUT2D eigenvalue weighted by Crippen LogP contribution is -2.29. The quantitative estimate of drug-likeness (QED) is 0.739. The molecule has 0 bridgehead atoms. The van der Waals surface area contributed by atoms with Gasteiger partial charge in [-0.2, -0.15) is 0 Å². The smallest absolute Gasteiger partial charge is 0.122 e. The molecule has 0 spiro atoms. The molecular weight excluding hydrogens is 204 g/mol. The lowest BCUT2D eigenvalue weighted by atomic mass is 10.1. The zero-order chi connectivity index (χ0) is 11.8. The van der Waals surface area contributed by atoms with Gasteiger partial charge in [-0.15, -0.1) is 0 Å². The SMILES string of the molecule is COc1cc(N)cc(N2CCC(C)(O)C2)c1. The van der Waals surface area contributed by atoms with Crippen LogP contribution in [0.2, 0.25) is 0 Å². The summed E-state index contributed by atoms with van der Waals surface area (Å²) in [7, 11) is 1.62. The highest BCUT2D eigenvalue weighted by Gasteiger charge is 2.31. The molecule has 1 aliphatic rings. The lowest BCUT2D eigenvalue weighted by Gasteiger charge is -2.21. The first-order chi connectivity index (χ1) is 7.50. The molecule has 1 aliphatic heterocycles. The molecule has 4 nitrogen and oxygen atoms in total. The summed E-state index contributed by atoms with van der Waals surface area (Å²) >= 11 is 0. The van der Waals surface area contributed by atoms with Crippen LogP contribution in [-0.4, -0.2) is 30.9 Å². The van der Waals surface area contributed by atoms with Crippen LogP contribution in [0.25, 0.3) is 0 Å². The Hall–Kier alpha value is -1.42. The van der Waals surface area contributed by atoms with Crippen molar-refractivity contribution in [1.82, 2.24) is 0 Å². The molecule has 3 N–H and O–H groups in total. The van der Waals surface area contributed by atoms with E-state index < -0.39 is 5.60 Å². The van der Waals surface area contributed by atoms with Gasteiger partial charge in [0.1, 0.15) is 5.75 Å². The summed E-state index contributed by atoms with van der Waals surface area (Å²) in [4.78, 5) is 2.12. The van der Waals surface area contributed by atoms with E-state index in [-0.39, 0.29) is 0 Å². The van der Waals surface area contributed by atoms with Crippen LogP contribution in [0.3, 0.4) is 0 Å². The molecule has 88 valence electrons. The minimum atomic E-state index is -0.599. The number of hydrogen-bond donors (Lipinski definition) is 2. The Morgan fingerprint density at radius 1 is 1.44 bits per heavy atom. The number of anilines is 2. The Morgan fingerprint density at radius 3 is 2.75 bits per heavy atom. The minimum absolute atomic E-state index is 0.599. The number of rotatable bonds is 2. The largest absolute Gasteiger partial charge is 0.497 e. The van der Waals surface area contributed by atoms with Crippen molar-refractivity contribution in [1.29, 1.82) is 0 Å². The summed E-state index contributed by atoms with van der Waals surface area (Å²) < 4.78 is 5.18. The van der Waals surface area contributed by atoms with Crippen LogP contribution < -0.4 is 15.4 Å². The maximum atomic E-state index is 9.92. The van der Waals surface area contributed by atoms with Gasteiger partial charge in [-0.1, -0.05) is 0 Å². The van der Waals surface area contributed by atoms with Gasteiger partial charge in [0.05, 0.1) is 12.7 Å². The van der Waals surface area contributed by atoms with Gasteiger partial charge in [0.15, 0.2) is 0 Å². The number of methoxy groups -OCH3 is 1. The van der Waals surface area contributed by atoms with Crippen LogP contribution >= 0.6 is 0 Å². The molecule has 4 heteroatoms. The lowest BCUT2D eigenvalue weighted by molar-refractivity contribution is 0.0839. The van der Waals surface area contributed by atoms with Crippen LogP contribution in [0, 0.1) is 0 Å². The third kappa shape index (κ3) is 2.22. The summed E-state index contributed by atoms with van der Waals surface area (Å²) in [6.45, 7) is 3.34. The molecule has 0 amide bonds. The number of nitrogens with two attached hydrogens (primary N) is 1. The van der Waals surface area contributed by atoms with Gasteiger partial charge in [0.25, 0.3) is 0 Å². The van der Waals surface area contributed by atoms with Gasteiger partial charge in [-0.05, 0) is 19.4 Å². The van der Waals surface area contributed by atoms with Gasteiger partial charge in [-0.3, -0.25) is 0 Å². The fraction of sp³-hybridized carbons (Fsp3) is 0.500. The van der Waals surface area contributed by atoms with Crippen LogP contribution in [0.5, 0.6) is 5.75 Å².